The van der Waals surface area contributed by atoms with Crippen LogP contribution >= 0.6 is 0 Å². The minimum atomic E-state index is -4.00. The molecule has 0 unspecified atom stereocenters. The number of hydrogen-bond acceptors (Lipinski definition) is 6. The maximum absolute atomic E-state index is 12.9. The van der Waals surface area contributed by atoms with Gasteiger partial charge in [-0.05, 0) is 43.2 Å². The second-order valence-corrected chi connectivity index (χ2v) is 11.8. The second-order valence-electron chi connectivity index (χ2n) is 7.87. The third kappa shape index (κ3) is 4.84. The first kappa shape index (κ1) is 22.4. The summed E-state index contributed by atoms with van der Waals surface area (Å²) < 4.78 is 51.1. The first-order chi connectivity index (χ1) is 15.1. The molecule has 170 valence electrons. The summed E-state index contributed by atoms with van der Waals surface area (Å²) in [6.07, 6.45) is 1.42. The number of para-hydroxylation sites is 2. The number of benzene rings is 2. The molecule has 2 heterocycles. The molecule has 2 N–H and O–H groups in total. The van der Waals surface area contributed by atoms with Gasteiger partial charge in [0, 0.05) is 24.6 Å². The molecule has 0 radical (unpaired) electrons. The fraction of sp³-hybridized carbons (Fsp3) is 0.333. The highest BCUT2D eigenvalue weighted by Gasteiger charge is 2.31. The van der Waals surface area contributed by atoms with Crippen LogP contribution in [0.3, 0.4) is 0 Å². The number of nitrogens with zero attached hydrogens (tertiary/aromatic N) is 1. The van der Waals surface area contributed by atoms with Crippen LogP contribution in [0.25, 0.3) is 0 Å². The Hall–Kier alpha value is -2.76. The molecular weight excluding hydrogens is 454 g/mol. The van der Waals surface area contributed by atoms with Gasteiger partial charge in [0.05, 0.1) is 27.8 Å². The highest BCUT2D eigenvalue weighted by atomic mass is 32.2. The van der Waals surface area contributed by atoms with E-state index in [0.717, 1.165) is 6.42 Å². The van der Waals surface area contributed by atoms with E-state index in [1.165, 1.54) is 24.3 Å². The largest absolute Gasteiger partial charge is 0.320 e. The topological polar surface area (TPSA) is 130 Å². The number of carbonyl (C=O) groups is 2. The van der Waals surface area contributed by atoms with Crippen molar-refractivity contribution < 1.29 is 26.4 Å². The Morgan fingerprint density at radius 1 is 1.09 bits per heavy atom. The van der Waals surface area contributed by atoms with Crippen molar-refractivity contribution in [3.8, 4) is 0 Å². The zero-order chi connectivity index (χ0) is 22.9. The molecule has 4 rings (SSSR count). The minimum absolute atomic E-state index is 0.0141. The van der Waals surface area contributed by atoms with Gasteiger partial charge in [-0.3, -0.25) is 9.59 Å². The van der Waals surface area contributed by atoms with Gasteiger partial charge in [0.2, 0.25) is 15.9 Å². The lowest BCUT2D eigenvalue weighted by Crippen LogP contribution is -2.35. The van der Waals surface area contributed by atoms with Crippen LogP contribution in [0.2, 0.25) is 0 Å². The zero-order valence-electron chi connectivity index (χ0n) is 17.2. The van der Waals surface area contributed by atoms with Gasteiger partial charge in [0.15, 0.2) is 9.84 Å². The molecule has 2 aromatic rings. The Bertz CT molecular complexity index is 1270. The molecule has 0 spiro atoms. The highest BCUT2D eigenvalue weighted by molar-refractivity contribution is 7.92. The van der Waals surface area contributed by atoms with Gasteiger partial charge in [-0.15, -0.1) is 0 Å². The fourth-order valence-corrected chi connectivity index (χ4v) is 6.99. The summed E-state index contributed by atoms with van der Waals surface area (Å²) in [5.41, 5.74) is 1.17. The number of sulfone groups is 1. The maximum atomic E-state index is 12.9. The molecule has 2 aromatic carbocycles. The van der Waals surface area contributed by atoms with E-state index >= 15 is 0 Å². The molecule has 11 heteroatoms. The van der Waals surface area contributed by atoms with Gasteiger partial charge in [-0.1, -0.05) is 18.2 Å². The van der Waals surface area contributed by atoms with Crippen LogP contribution in [0.15, 0.2) is 53.4 Å². The third-order valence-electron chi connectivity index (χ3n) is 5.48. The summed E-state index contributed by atoms with van der Waals surface area (Å²) in [4.78, 5) is 26.5. The van der Waals surface area contributed by atoms with Crippen LogP contribution in [0, 0.1) is 0 Å². The van der Waals surface area contributed by atoms with Crippen molar-refractivity contribution in [2.24, 2.45) is 0 Å². The molecule has 2 aliphatic heterocycles. The second kappa shape index (κ2) is 8.64. The molecule has 2 aliphatic rings. The lowest BCUT2D eigenvalue weighted by Gasteiger charge is -2.20. The normalized spacial score (nSPS) is 20.4. The summed E-state index contributed by atoms with van der Waals surface area (Å²) in [6.45, 7) is 0.571. The van der Waals surface area contributed by atoms with Gasteiger partial charge in [-0.25, -0.2) is 21.6 Å². The molecule has 0 aliphatic carbocycles. The summed E-state index contributed by atoms with van der Waals surface area (Å²) >= 11 is 0. The average Bonchev–Trinajstić information content (AvgIpc) is 3.32. The number of rotatable bonds is 6. The van der Waals surface area contributed by atoms with E-state index in [0.29, 0.717) is 24.3 Å². The van der Waals surface area contributed by atoms with Crippen molar-refractivity contribution >= 4 is 43.0 Å². The monoisotopic (exact) mass is 477 g/mol. The summed E-state index contributed by atoms with van der Waals surface area (Å²) in [6, 6.07) is 11.8. The third-order valence-corrected chi connectivity index (χ3v) is 8.76. The van der Waals surface area contributed by atoms with Crippen molar-refractivity contribution in [2.75, 3.05) is 28.3 Å². The van der Waals surface area contributed by atoms with Crippen LogP contribution in [-0.4, -0.2) is 52.7 Å². The van der Waals surface area contributed by atoms with Crippen LogP contribution in [-0.2, 0) is 24.7 Å². The van der Waals surface area contributed by atoms with Crippen molar-refractivity contribution in [2.45, 2.75) is 30.2 Å². The zero-order valence-corrected chi connectivity index (χ0v) is 18.8. The molecule has 2 amide bonds. The van der Waals surface area contributed by atoms with E-state index in [2.05, 4.69) is 10.0 Å². The van der Waals surface area contributed by atoms with Crippen molar-refractivity contribution in [3.05, 3.63) is 54.1 Å². The standard InChI is InChI=1S/C21H23N3O6S2/c25-20-9-4-11-24(20)19-8-2-1-7-18(19)22-21(26)15-5-3-6-17(13-15)32(29,30)23-16-10-12-31(27,28)14-16/h1-3,5-8,13,16,23H,4,9-12,14H2,(H,22,26)/t16-/m1/s1. The van der Waals surface area contributed by atoms with Gasteiger partial charge >= 0.3 is 0 Å². The molecular formula is C21H23N3O6S2. The molecule has 1 atom stereocenters. The summed E-state index contributed by atoms with van der Waals surface area (Å²) in [5, 5.41) is 2.76. The highest BCUT2D eigenvalue weighted by Crippen LogP contribution is 2.30. The number of anilines is 2. The molecule has 9 nitrogen and oxygen atoms in total. The quantitative estimate of drug-likeness (QED) is 0.649. The van der Waals surface area contributed by atoms with Crippen molar-refractivity contribution in [1.29, 1.82) is 0 Å². The molecule has 0 bridgehead atoms. The minimum Gasteiger partial charge on any atom is -0.320 e. The van der Waals surface area contributed by atoms with E-state index in [4.69, 9.17) is 0 Å². The van der Waals surface area contributed by atoms with Gasteiger partial charge in [0.25, 0.3) is 5.91 Å². The summed E-state index contributed by atoms with van der Waals surface area (Å²) in [5.74, 6) is -0.829. The molecule has 2 saturated heterocycles. The molecule has 0 aromatic heterocycles. The Kier molecular flexibility index (Phi) is 6.06. The Labute approximate surface area is 186 Å². The number of nitrogens with one attached hydrogen (secondary N) is 2. The van der Waals surface area contributed by atoms with Crippen LogP contribution in [0.1, 0.15) is 29.6 Å². The SMILES string of the molecule is O=C(Nc1ccccc1N1CCCC1=O)c1cccc(S(=O)(=O)N[C@@H]2CCS(=O)(=O)C2)c1. The van der Waals surface area contributed by atoms with Crippen LogP contribution in [0.4, 0.5) is 11.4 Å². The Balaban J connectivity index is 1.53. The number of amides is 2. The predicted octanol–water partition coefficient (Wildman–Crippen LogP) is 1.53. The lowest BCUT2D eigenvalue weighted by atomic mass is 10.2. The maximum Gasteiger partial charge on any atom is 0.255 e. The molecule has 32 heavy (non-hydrogen) atoms. The first-order valence-corrected chi connectivity index (χ1v) is 13.5. The summed E-state index contributed by atoms with van der Waals surface area (Å²) in [7, 11) is -7.24. The van der Waals surface area contributed by atoms with E-state index in [1.807, 2.05) is 0 Å². The van der Waals surface area contributed by atoms with Crippen molar-refractivity contribution in [3.63, 3.8) is 0 Å². The van der Waals surface area contributed by atoms with Crippen LogP contribution < -0.4 is 14.9 Å². The smallest absolute Gasteiger partial charge is 0.255 e. The van der Waals surface area contributed by atoms with E-state index in [1.54, 1.807) is 29.2 Å². The molecule has 2 fully saturated rings. The number of hydrogen-bond donors (Lipinski definition) is 2. The fourth-order valence-electron chi connectivity index (χ4n) is 3.89. The predicted molar refractivity (Wildman–Crippen MR) is 120 cm³/mol. The van der Waals surface area contributed by atoms with Gasteiger partial charge < -0.3 is 10.2 Å². The van der Waals surface area contributed by atoms with Crippen molar-refractivity contribution in [1.82, 2.24) is 4.72 Å². The van der Waals surface area contributed by atoms with Gasteiger partial charge in [-0.2, -0.15) is 0 Å². The van der Waals surface area contributed by atoms with Gasteiger partial charge in [0.1, 0.15) is 0 Å². The number of sulfonamides is 1. The van der Waals surface area contributed by atoms with E-state index in [9.17, 15) is 26.4 Å². The number of carbonyl (C=O) groups excluding carboxylic acids is 2. The molecule has 0 saturated carbocycles. The lowest BCUT2D eigenvalue weighted by molar-refractivity contribution is -0.117. The average molecular weight is 478 g/mol. The van der Waals surface area contributed by atoms with E-state index in [-0.39, 0.29) is 34.3 Å². The first-order valence-electron chi connectivity index (χ1n) is 10.2. The van der Waals surface area contributed by atoms with Crippen LogP contribution in [0.5, 0.6) is 0 Å². The van der Waals surface area contributed by atoms with E-state index < -0.39 is 31.8 Å². The Morgan fingerprint density at radius 3 is 2.56 bits per heavy atom. The Morgan fingerprint density at radius 2 is 1.88 bits per heavy atom.